The van der Waals surface area contributed by atoms with Crippen LogP contribution in [0.3, 0.4) is 0 Å². The number of hydrogen-bond acceptors (Lipinski definition) is 4. The zero-order chi connectivity index (χ0) is 17.6. The van der Waals surface area contributed by atoms with Crippen LogP contribution in [-0.2, 0) is 11.3 Å². The summed E-state index contributed by atoms with van der Waals surface area (Å²) in [7, 11) is 0. The minimum Gasteiger partial charge on any atom is -0.490 e. The SMILES string of the molecule is CCOc1cc(CNC(C(=O)O)C(C)C)cc(Cl)c1OC(C)C. The van der Waals surface area contributed by atoms with E-state index in [0.29, 0.717) is 29.7 Å². The van der Waals surface area contributed by atoms with Crippen LogP contribution in [0.4, 0.5) is 0 Å². The lowest BCUT2D eigenvalue weighted by Gasteiger charge is -2.20. The van der Waals surface area contributed by atoms with Crippen LogP contribution in [-0.4, -0.2) is 29.8 Å². The third kappa shape index (κ3) is 5.92. The van der Waals surface area contributed by atoms with Gasteiger partial charge in [-0.25, -0.2) is 0 Å². The van der Waals surface area contributed by atoms with Crippen LogP contribution in [0.25, 0.3) is 0 Å². The number of carbonyl (C=O) groups is 1. The molecule has 0 spiro atoms. The van der Waals surface area contributed by atoms with Crippen LogP contribution in [0, 0.1) is 5.92 Å². The molecule has 0 aromatic heterocycles. The Kier molecular flexibility index (Phi) is 7.65. The summed E-state index contributed by atoms with van der Waals surface area (Å²) in [5, 5.41) is 12.7. The first kappa shape index (κ1) is 19.6. The number of carboxylic acids is 1. The summed E-state index contributed by atoms with van der Waals surface area (Å²) in [6, 6.07) is 2.99. The van der Waals surface area contributed by atoms with Crippen LogP contribution < -0.4 is 14.8 Å². The molecule has 0 heterocycles. The summed E-state index contributed by atoms with van der Waals surface area (Å²) in [5.41, 5.74) is 0.849. The second-order valence-electron chi connectivity index (χ2n) is 5.95. The molecule has 0 radical (unpaired) electrons. The Balaban J connectivity index is 2.98. The molecule has 5 nitrogen and oxygen atoms in total. The highest BCUT2D eigenvalue weighted by atomic mass is 35.5. The van der Waals surface area contributed by atoms with Crippen molar-refractivity contribution in [2.75, 3.05) is 6.61 Å². The first-order chi connectivity index (χ1) is 10.8. The molecule has 0 aliphatic rings. The number of halogens is 1. The zero-order valence-corrected chi connectivity index (χ0v) is 15.1. The summed E-state index contributed by atoms with van der Waals surface area (Å²) in [6.45, 7) is 10.3. The maximum absolute atomic E-state index is 11.2. The average molecular weight is 344 g/mol. The summed E-state index contributed by atoms with van der Waals surface area (Å²) >= 11 is 6.31. The molecule has 0 saturated carbocycles. The standard InChI is InChI=1S/C17H26ClNO4/c1-6-22-14-8-12(7-13(18)16(14)23-11(4)5)9-19-15(10(2)3)17(20)21/h7-8,10-11,15,19H,6,9H2,1-5H3,(H,20,21). The van der Waals surface area contributed by atoms with E-state index in [-0.39, 0.29) is 12.0 Å². The van der Waals surface area contributed by atoms with Crippen LogP contribution in [0.2, 0.25) is 5.02 Å². The molecule has 130 valence electrons. The Labute approximate surface area is 142 Å². The molecule has 23 heavy (non-hydrogen) atoms. The van der Waals surface area contributed by atoms with Gasteiger partial charge in [0.15, 0.2) is 11.5 Å². The minimum atomic E-state index is -0.865. The van der Waals surface area contributed by atoms with Crippen LogP contribution in [0.5, 0.6) is 11.5 Å². The molecule has 1 aromatic carbocycles. The van der Waals surface area contributed by atoms with Crippen molar-refractivity contribution in [2.45, 2.75) is 53.3 Å². The van der Waals surface area contributed by atoms with E-state index in [0.717, 1.165) is 5.56 Å². The molecule has 6 heteroatoms. The topological polar surface area (TPSA) is 67.8 Å². The van der Waals surface area contributed by atoms with Gasteiger partial charge < -0.3 is 19.9 Å². The van der Waals surface area contributed by atoms with E-state index in [4.69, 9.17) is 21.1 Å². The largest absolute Gasteiger partial charge is 0.490 e. The Morgan fingerprint density at radius 2 is 1.96 bits per heavy atom. The van der Waals surface area contributed by atoms with Crippen molar-refractivity contribution >= 4 is 17.6 Å². The van der Waals surface area contributed by atoms with Gasteiger partial charge in [-0.05, 0) is 44.4 Å². The molecule has 2 N–H and O–H groups in total. The molecule has 1 atom stereocenters. The molecule has 0 aliphatic carbocycles. The van der Waals surface area contributed by atoms with E-state index in [9.17, 15) is 9.90 Å². The van der Waals surface area contributed by atoms with Gasteiger partial charge in [-0.1, -0.05) is 25.4 Å². The number of carboxylic acid groups (broad SMARTS) is 1. The summed E-state index contributed by atoms with van der Waals surface area (Å²) in [5.74, 6) is 0.210. The molecular formula is C17H26ClNO4. The van der Waals surface area contributed by atoms with E-state index in [1.54, 1.807) is 6.07 Å². The highest BCUT2D eigenvalue weighted by Gasteiger charge is 2.21. The van der Waals surface area contributed by atoms with Crippen molar-refractivity contribution in [1.29, 1.82) is 0 Å². The van der Waals surface area contributed by atoms with Crippen LogP contribution >= 0.6 is 11.6 Å². The molecule has 0 aliphatic heterocycles. The minimum absolute atomic E-state index is 0.0159. The third-order valence-electron chi connectivity index (χ3n) is 3.18. The highest BCUT2D eigenvalue weighted by molar-refractivity contribution is 6.32. The normalized spacial score (nSPS) is 12.5. The lowest BCUT2D eigenvalue weighted by Crippen LogP contribution is -2.40. The average Bonchev–Trinajstić information content (AvgIpc) is 2.42. The van der Waals surface area contributed by atoms with E-state index < -0.39 is 12.0 Å². The third-order valence-corrected chi connectivity index (χ3v) is 3.46. The maximum atomic E-state index is 11.2. The Hall–Kier alpha value is -1.46. The lowest BCUT2D eigenvalue weighted by atomic mass is 10.0. The number of nitrogens with one attached hydrogen (secondary N) is 1. The van der Waals surface area contributed by atoms with Gasteiger partial charge in [0.25, 0.3) is 0 Å². The first-order valence-electron chi connectivity index (χ1n) is 7.84. The Morgan fingerprint density at radius 3 is 2.43 bits per heavy atom. The smallest absolute Gasteiger partial charge is 0.320 e. The van der Waals surface area contributed by atoms with Gasteiger partial charge in [-0.2, -0.15) is 0 Å². The number of rotatable bonds is 9. The molecule has 0 bridgehead atoms. The van der Waals surface area contributed by atoms with Gasteiger partial charge in [0.05, 0.1) is 17.7 Å². The predicted octanol–water partition coefficient (Wildman–Crippen LogP) is 3.72. The van der Waals surface area contributed by atoms with E-state index in [2.05, 4.69) is 5.32 Å². The second kappa shape index (κ2) is 8.99. The lowest BCUT2D eigenvalue weighted by molar-refractivity contribution is -0.140. The quantitative estimate of drug-likeness (QED) is 0.715. The van der Waals surface area contributed by atoms with Crippen molar-refractivity contribution in [2.24, 2.45) is 5.92 Å². The van der Waals surface area contributed by atoms with E-state index >= 15 is 0 Å². The van der Waals surface area contributed by atoms with Gasteiger partial charge in [-0.3, -0.25) is 4.79 Å². The monoisotopic (exact) mass is 343 g/mol. The number of hydrogen-bond donors (Lipinski definition) is 2. The van der Waals surface area contributed by atoms with Gasteiger partial charge in [0, 0.05) is 6.54 Å². The summed E-state index contributed by atoms with van der Waals surface area (Å²) in [6.07, 6.45) is -0.0204. The van der Waals surface area contributed by atoms with Gasteiger partial charge in [-0.15, -0.1) is 0 Å². The number of benzene rings is 1. The van der Waals surface area contributed by atoms with Crippen molar-refractivity contribution in [3.63, 3.8) is 0 Å². The van der Waals surface area contributed by atoms with Crippen molar-refractivity contribution < 1.29 is 19.4 Å². The van der Waals surface area contributed by atoms with E-state index in [1.165, 1.54) is 0 Å². The molecule has 1 unspecified atom stereocenters. The molecular weight excluding hydrogens is 318 g/mol. The number of aliphatic carboxylic acids is 1. The van der Waals surface area contributed by atoms with Crippen LogP contribution in [0.15, 0.2) is 12.1 Å². The van der Waals surface area contributed by atoms with Gasteiger partial charge >= 0.3 is 5.97 Å². The Morgan fingerprint density at radius 1 is 1.30 bits per heavy atom. The van der Waals surface area contributed by atoms with Crippen molar-refractivity contribution in [3.05, 3.63) is 22.7 Å². The number of ether oxygens (including phenoxy) is 2. The molecule has 1 aromatic rings. The van der Waals surface area contributed by atoms with Gasteiger partial charge in [0.1, 0.15) is 6.04 Å². The maximum Gasteiger partial charge on any atom is 0.320 e. The van der Waals surface area contributed by atoms with E-state index in [1.807, 2.05) is 40.7 Å². The molecule has 0 amide bonds. The fourth-order valence-corrected chi connectivity index (χ4v) is 2.45. The van der Waals surface area contributed by atoms with Gasteiger partial charge in [0.2, 0.25) is 0 Å². The predicted molar refractivity (Wildman–Crippen MR) is 91.5 cm³/mol. The second-order valence-corrected chi connectivity index (χ2v) is 6.35. The van der Waals surface area contributed by atoms with Crippen LogP contribution in [0.1, 0.15) is 40.2 Å². The van der Waals surface area contributed by atoms with Crippen molar-refractivity contribution in [1.82, 2.24) is 5.32 Å². The first-order valence-corrected chi connectivity index (χ1v) is 8.22. The molecule has 0 fully saturated rings. The fourth-order valence-electron chi connectivity index (χ4n) is 2.17. The zero-order valence-electron chi connectivity index (χ0n) is 14.4. The summed E-state index contributed by atoms with van der Waals surface area (Å²) < 4.78 is 11.3. The molecule has 1 rings (SSSR count). The molecule has 0 saturated heterocycles. The fraction of sp³-hybridized carbons (Fsp3) is 0.588. The Bertz CT molecular complexity index is 532. The van der Waals surface area contributed by atoms with Crippen molar-refractivity contribution in [3.8, 4) is 11.5 Å². The summed E-state index contributed by atoms with van der Waals surface area (Å²) in [4.78, 5) is 11.2. The highest BCUT2D eigenvalue weighted by Crippen LogP contribution is 2.37.